The number of hydrogen-bond acceptors (Lipinski definition) is 3. The molecule has 0 N–H and O–H groups in total. The Morgan fingerprint density at radius 3 is 2.67 bits per heavy atom. The van der Waals surface area contributed by atoms with E-state index in [1.54, 1.807) is 7.11 Å². The second-order valence-electron chi connectivity index (χ2n) is 4.80. The Labute approximate surface area is 113 Å². The van der Waals surface area contributed by atoms with E-state index in [-0.39, 0.29) is 0 Å². The molecule has 2 nitrogen and oxygen atoms in total. The Morgan fingerprint density at radius 1 is 1.17 bits per heavy atom. The minimum Gasteiger partial charge on any atom is -0.384 e. The zero-order chi connectivity index (χ0) is 13.0. The number of hydrogen-bond donors (Lipinski definition) is 0. The summed E-state index contributed by atoms with van der Waals surface area (Å²) in [6, 6.07) is 8.70. The van der Waals surface area contributed by atoms with Crippen LogP contribution in [0.25, 0.3) is 10.1 Å². The topological polar surface area (TPSA) is 12.5 Å². The minimum atomic E-state index is 0.801. The van der Waals surface area contributed by atoms with Crippen molar-refractivity contribution in [2.24, 2.45) is 0 Å². The van der Waals surface area contributed by atoms with Gasteiger partial charge < -0.3 is 9.64 Å². The van der Waals surface area contributed by atoms with Crippen molar-refractivity contribution < 1.29 is 4.74 Å². The lowest BCUT2D eigenvalue weighted by atomic mass is 10.1. The van der Waals surface area contributed by atoms with Gasteiger partial charge in [-0.25, -0.2) is 0 Å². The van der Waals surface area contributed by atoms with Gasteiger partial charge in [0, 0.05) is 23.2 Å². The molecule has 2 aromatic rings. The van der Waals surface area contributed by atoms with Crippen LogP contribution < -0.4 is 0 Å². The highest BCUT2D eigenvalue weighted by molar-refractivity contribution is 7.19. The lowest BCUT2D eigenvalue weighted by Gasteiger charge is -2.09. The SMILES string of the molecule is COCCc1c(CCN(C)C)sc2ccccc12. The van der Waals surface area contributed by atoms with Gasteiger partial charge in [-0.1, -0.05) is 18.2 Å². The van der Waals surface area contributed by atoms with Crippen molar-refractivity contribution in [3.8, 4) is 0 Å². The van der Waals surface area contributed by atoms with Gasteiger partial charge >= 0.3 is 0 Å². The van der Waals surface area contributed by atoms with Crippen LogP contribution in [0.5, 0.6) is 0 Å². The molecule has 0 saturated carbocycles. The van der Waals surface area contributed by atoms with Crippen molar-refractivity contribution in [3.63, 3.8) is 0 Å². The van der Waals surface area contributed by atoms with Crippen molar-refractivity contribution in [2.75, 3.05) is 34.4 Å². The first kappa shape index (κ1) is 13.5. The van der Waals surface area contributed by atoms with Crippen LogP contribution in [0.15, 0.2) is 24.3 Å². The molecule has 0 aliphatic carbocycles. The number of thiophene rings is 1. The summed E-state index contributed by atoms with van der Waals surface area (Å²) >= 11 is 1.93. The van der Waals surface area contributed by atoms with E-state index in [0.717, 1.165) is 26.0 Å². The predicted molar refractivity (Wildman–Crippen MR) is 79.7 cm³/mol. The molecule has 2 rings (SSSR count). The summed E-state index contributed by atoms with van der Waals surface area (Å²) in [5.41, 5.74) is 1.49. The number of rotatable bonds is 6. The third-order valence-electron chi connectivity index (χ3n) is 3.12. The van der Waals surface area contributed by atoms with Gasteiger partial charge in [-0.05, 0) is 44.0 Å². The van der Waals surface area contributed by atoms with Crippen molar-refractivity contribution in [1.29, 1.82) is 0 Å². The largest absolute Gasteiger partial charge is 0.384 e. The first-order valence-corrected chi connectivity index (χ1v) is 7.17. The Hall–Kier alpha value is -0.900. The lowest BCUT2D eigenvalue weighted by molar-refractivity contribution is 0.202. The molecule has 0 amide bonds. The van der Waals surface area contributed by atoms with Crippen LogP contribution in [-0.2, 0) is 17.6 Å². The molecule has 0 atom stereocenters. The molecule has 1 aromatic carbocycles. The van der Waals surface area contributed by atoms with Gasteiger partial charge in [-0.15, -0.1) is 11.3 Å². The maximum Gasteiger partial charge on any atom is 0.0503 e. The van der Waals surface area contributed by atoms with Crippen LogP contribution in [0.3, 0.4) is 0 Å². The quantitative estimate of drug-likeness (QED) is 0.793. The summed E-state index contributed by atoms with van der Waals surface area (Å²) in [6.45, 7) is 1.91. The van der Waals surface area contributed by atoms with Gasteiger partial charge in [-0.3, -0.25) is 0 Å². The Bertz CT molecular complexity index is 504. The molecule has 0 fully saturated rings. The van der Waals surface area contributed by atoms with Crippen LogP contribution in [0.1, 0.15) is 10.4 Å². The molecule has 3 heteroatoms. The molecule has 0 aliphatic rings. The maximum atomic E-state index is 5.24. The van der Waals surface area contributed by atoms with E-state index >= 15 is 0 Å². The smallest absolute Gasteiger partial charge is 0.0503 e. The van der Waals surface area contributed by atoms with Crippen molar-refractivity contribution in [1.82, 2.24) is 4.90 Å². The summed E-state index contributed by atoms with van der Waals surface area (Å²) in [5.74, 6) is 0. The Balaban J connectivity index is 2.30. The van der Waals surface area contributed by atoms with Gasteiger partial charge in [0.05, 0.1) is 6.61 Å². The van der Waals surface area contributed by atoms with E-state index in [9.17, 15) is 0 Å². The summed E-state index contributed by atoms with van der Waals surface area (Å²) in [4.78, 5) is 3.76. The zero-order valence-corrected chi connectivity index (χ0v) is 12.2. The van der Waals surface area contributed by atoms with Crippen LogP contribution in [-0.4, -0.2) is 39.3 Å². The van der Waals surface area contributed by atoms with E-state index in [2.05, 4.69) is 43.3 Å². The number of likely N-dealkylation sites (N-methyl/N-ethyl adjacent to an activating group) is 1. The molecule has 0 aliphatic heterocycles. The van der Waals surface area contributed by atoms with Gasteiger partial charge in [0.25, 0.3) is 0 Å². The molecular weight excluding hydrogens is 242 g/mol. The van der Waals surface area contributed by atoms with E-state index in [1.165, 1.54) is 20.5 Å². The second-order valence-corrected chi connectivity index (χ2v) is 5.93. The maximum absolute atomic E-state index is 5.24. The monoisotopic (exact) mass is 263 g/mol. The fourth-order valence-electron chi connectivity index (χ4n) is 2.15. The Morgan fingerprint density at radius 2 is 1.94 bits per heavy atom. The molecule has 0 spiro atoms. The van der Waals surface area contributed by atoms with Gasteiger partial charge in [0.2, 0.25) is 0 Å². The standard InChI is InChI=1S/C15H21NOS/c1-16(2)10-8-15-13(9-11-17-3)12-6-4-5-7-14(12)18-15/h4-7H,8-11H2,1-3H3. The second kappa shape index (κ2) is 6.32. The summed E-state index contributed by atoms with van der Waals surface area (Å²) < 4.78 is 6.64. The average molecular weight is 263 g/mol. The number of fused-ring (bicyclic) bond motifs is 1. The lowest BCUT2D eigenvalue weighted by Crippen LogP contribution is -2.15. The van der Waals surface area contributed by atoms with Crippen molar-refractivity contribution in [3.05, 3.63) is 34.7 Å². The Kier molecular flexibility index (Phi) is 4.75. The highest BCUT2D eigenvalue weighted by Gasteiger charge is 2.11. The van der Waals surface area contributed by atoms with E-state index < -0.39 is 0 Å². The molecular formula is C15H21NOS. The van der Waals surface area contributed by atoms with Crippen LogP contribution in [0.4, 0.5) is 0 Å². The van der Waals surface area contributed by atoms with Gasteiger partial charge in [-0.2, -0.15) is 0 Å². The molecule has 0 bridgehead atoms. The van der Waals surface area contributed by atoms with Crippen LogP contribution >= 0.6 is 11.3 Å². The fraction of sp³-hybridized carbons (Fsp3) is 0.467. The normalized spacial score (nSPS) is 11.6. The van der Waals surface area contributed by atoms with E-state index in [1.807, 2.05) is 11.3 Å². The highest BCUT2D eigenvalue weighted by Crippen LogP contribution is 2.32. The van der Waals surface area contributed by atoms with Crippen LogP contribution in [0, 0.1) is 0 Å². The predicted octanol–water partition coefficient (Wildman–Crippen LogP) is 3.19. The first-order valence-electron chi connectivity index (χ1n) is 6.35. The third-order valence-corrected chi connectivity index (χ3v) is 4.40. The number of benzene rings is 1. The highest BCUT2D eigenvalue weighted by atomic mass is 32.1. The van der Waals surface area contributed by atoms with Crippen LogP contribution in [0.2, 0.25) is 0 Å². The summed E-state index contributed by atoms with van der Waals surface area (Å²) in [6.07, 6.45) is 2.15. The van der Waals surface area contributed by atoms with Gasteiger partial charge in [0.15, 0.2) is 0 Å². The molecule has 0 saturated heterocycles. The number of methoxy groups -OCH3 is 1. The van der Waals surface area contributed by atoms with Crippen molar-refractivity contribution >= 4 is 21.4 Å². The molecule has 0 radical (unpaired) electrons. The summed E-state index contributed by atoms with van der Waals surface area (Å²) in [5, 5.41) is 1.41. The van der Waals surface area contributed by atoms with Gasteiger partial charge in [0.1, 0.15) is 0 Å². The third kappa shape index (κ3) is 3.10. The summed E-state index contributed by atoms with van der Waals surface area (Å²) in [7, 11) is 6.03. The van der Waals surface area contributed by atoms with E-state index in [0.29, 0.717) is 0 Å². The number of nitrogens with zero attached hydrogens (tertiary/aromatic N) is 1. The molecule has 0 unspecified atom stereocenters. The first-order chi connectivity index (χ1) is 8.72. The zero-order valence-electron chi connectivity index (χ0n) is 11.4. The molecule has 98 valence electrons. The van der Waals surface area contributed by atoms with E-state index in [4.69, 9.17) is 4.74 Å². The number of ether oxygens (including phenoxy) is 1. The molecule has 18 heavy (non-hydrogen) atoms. The molecule has 1 heterocycles. The van der Waals surface area contributed by atoms with Crippen molar-refractivity contribution in [2.45, 2.75) is 12.8 Å². The fourth-order valence-corrected chi connectivity index (χ4v) is 3.40. The molecule has 1 aromatic heterocycles. The minimum absolute atomic E-state index is 0.801. The average Bonchev–Trinajstić information content (AvgIpc) is 2.71.